The highest BCUT2D eigenvalue weighted by molar-refractivity contribution is 5.54. The van der Waals surface area contributed by atoms with E-state index < -0.39 is 11.6 Å². The molecule has 126 valence electrons. The monoisotopic (exact) mass is 332 g/mol. The van der Waals surface area contributed by atoms with Crippen LogP contribution in [0.3, 0.4) is 0 Å². The van der Waals surface area contributed by atoms with Gasteiger partial charge in [0, 0.05) is 44.4 Å². The van der Waals surface area contributed by atoms with Gasteiger partial charge in [-0.1, -0.05) is 12.1 Å². The summed E-state index contributed by atoms with van der Waals surface area (Å²) in [6.45, 7) is 1.77. The van der Waals surface area contributed by atoms with Crippen LogP contribution in [-0.4, -0.2) is 29.2 Å². The number of nitrogens with zero attached hydrogens (tertiary/aromatic N) is 4. The molecule has 1 aromatic carbocycles. The van der Waals surface area contributed by atoms with Crippen molar-refractivity contribution in [2.45, 2.75) is 32.0 Å². The van der Waals surface area contributed by atoms with Crippen LogP contribution in [0.2, 0.25) is 0 Å². The number of hydrogen-bond acceptors (Lipinski definition) is 4. The number of hydrogen-bond donors (Lipinski definition) is 0. The molecule has 1 aromatic heterocycles. The van der Waals surface area contributed by atoms with Crippen molar-refractivity contribution in [3.63, 3.8) is 0 Å². The highest BCUT2D eigenvalue weighted by atomic mass is 19.2. The first-order valence-electron chi connectivity index (χ1n) is 8.07. The minimum atomic E-state index is -0.872. The Morgan fingerprint density at radius 3 is 3.04 bits per heavy atom. The van der Waals surface area contributed by atoms with Crippen molar-refractivity contribution < 1.29 is 8.78 Å². The third-order valence-electron chi connectivity index (χ3n) is 4.87. The Morgan fingerprint density at radius 1 is 1.38 bits per heavy atom. The van der Waals surface area contributed by atoms with E-state index in [9.17, 15) is 13.6 Å². The van der Waals surface area contributed by atoms with Crippen molar-refractivity contribution in [1.82, 2.24) is 9.55 Å². The summed E-state index contributed by atoms with van der Waals surface area (Å²) >= 11 is 0. The van der Waals surface area contributed by atoms with Gasteiger partial charge < -0.3 is 9.80 Å². The average molecular weight is 332 g/mol. The van der Waals surface area contributed by atoms with Crippen LogP contribution in [0.25, 0.3) is 0 Å². The molecule has 24 heavy (non-hydrogen) atoms. The smallest absolute Gasteiger partial charge is 0.351 e. The van der Waals surface area contributed by atoms with E-state index in [2.05, 4.69) is 9.88 Å². The lowest BCUT2D eigenvalue weighted by Gasteiger charge is -2.21. The predicted octanol–water partition coefficient (Wildman–Crippen LogP) is 2.14. The van der Waals surface area contributed by atoms with Gasteiger partial charge in [-0.2, -0.15) is 4.98 Å². The molecule has 0 unspecified atom stereocenters. The molecule has 0 N–H and O–H groups in total. The number of aromatic nitrogens is 2. The molecule has 1 fully saturated rings. The van der Waals surface area contributed by atoms with Crippen LogP contribution in [0.15, 0.2) is 29.1 Å². The molecule has 0 radical (unpaired) electrons. The Kier molecular flexibility index (Phi) is 3.51. The van der Waals surface area contributed by atoms with Crippen molar-refractivity contribution in [2.24, 2.45) is 0 Å². The first-order chi connectivity index (χ1) is 11.5. The van der Waals surface area contributed by atoms with E-state index in [0.29, 0.717) is 18.4 Å². The summed E-state index contributed by atoms with van der Waals surface area (Å²) in [5, 5.41) is 0. The Morgan fingerprint density at radius 2 is 2.21 bits per heavy atom. The van der Waals surface area contributed by atoms with Crippen LogP contribution in [0.4, 0.5) is 20.4 Å². The van der Waals surface area contributed by atoms with Gasteiger partial charge in [0.05, 0.1) is 0 Å². The summed E-state index contributed by atoms with van der Waals surface area (Å²) in [4.78, 5) is 20.3. The van der Waals surface area contributed by atoms with Crippen molar-refractivity contribution >= 4 is 11.6 Å². The summed E-state index contributed by atoms with van der Waals surface area (Å²) in [5.74, 6) is -0.383. The van der Waals surface area contributed by atoms with Gasteiger partial charge >= 0.3 is 5.69 Å². The van der Waals surface area contributed by atoms with Gasteiger partial charge in [-0.3, -0.25) is 4.57 Å². The normalized spacial score (nSPS) is 18.6. The summed E-state index contributed by atoms with van der Waals surface area (Å²) in [7, 11) is 1.72. The molecule has 0 bridgehead atoms. The van der Waals surface area contributed by atoms with Crippen molar-refractivity contribution in [2.75, 3.05) is 23.4 Å². The van der Waals surface area contributed by atoms with Gasteiger partial charge in [0.25, 0.3) is 0 Å². The molecule has 1 atom stereocenters. The molecule has 7 heteroatoms. The fourth-order valence-corrected chi connectivity index (χ4v) is 3.63. The number of halogens is 2. The zero-order valence-electron chi connectivity index (χ0n) is 13.4. The zero-order valence-corrected chi connectivity index (χ0v) is 13.4. The quantitative estimate of drug-likeness (QED) is 0.864. The number of rotatable bonds is 3. The molecule has 2 aliphatic heterocycles. The first-order valence-corrected chi connectivity index (χ1v) is 8.07. The van der Waals surface area contributed by atoms with E-state index in [1.54, 1.807) is 16.5 Å². The van der Waals surface area contributed by atoms with Crippen LogP contribution < -0.4 is 15.5 Å². The third-order valence-corrected chi connectivity index (χ3v) is 4.87. The summed E-state index contributed by atoms with van der Waals surface area (Å²) < 4.78 is 28.9. The lowest BCUT2D eigenvalue weighted by Crippen LogP contribution is -2.27. The predicted molar refractivity (Wildman–Crippen MR) is 87.3 cm³/mol. The molecule has 5 nitrogen and oxygen atoms in total. The van der Waals surface area contributed by atoms with Crippen LogP contribution in [0.5, 0.6) is 0 Å². The Labute approximate surface area is 138 Å². The summed E-state index contributed by atoms with van der Waals surface area (Å²) in [5.41, 5.74) is -0.0533. The molecule has 2 aromatic rings. The molecule has 3 heterocycles. The molecular formula is C17H18F2N4O. The van der Waals surface area contributed by atoms with Crippen LogP contribution >= 0.6 is 0 Å². The lowest BCUT2D eigenvalue weighted by molar-refractivity contribution is 0.498. The van der Waals surface area contributed by atoms with E-state index in [1.807, 2.05) is 6.07 Å². The first kappa shape index (κ1) is 15.1. The summed E-state index contributed by atoms with van der Waals surface area (Å²) in [6, 6.07) is 6.34. The highest BCUT2D eigenvalue weighted by Crippen LogP contribution is 2.33. The zero-order chi connectivity index (χ0) is 16.8. The molecular weight excluding hydrogens is 314 g/mol. The minimum absolute atomic E-state index is 0.142. The van der Waals surface area contributed by atoms with E-state index >= 15 is 0 Å². The Bertz CT molecular complexity index is 851. The second-order valence-electron chi connectivity index (χ2n) is 6.42. The van der Waals surface area contributed by atoms with Gasteiger partial charge in [-0.25, -0.2) is 13.6 Å². The van der Waals surface area contributed by atoms with E-state index in [4.69, 9.17) is 0 Å². The fourth-order valence-electron chi connectivity index (χ4n) is 3.63. The molecule has 0 saturated carbocycles. The van der Waals surface area contributed by atoms with Crippen molar-refractivity contribution in [3.05, 3.63) is 51.9 Å². The van der Waals surface area contributed by atoms with Crippen molar-refractivity contribution in [3.8, 4) is 0 Å². The van der Waals surface area contributed by atoms with E-state index in [0.717, 1.165) is 31.3 Å². The summed E-state index contributed by atoms with van der Waals surface area (Å²) in [6.07, 6.45) is 2.21. The van der Waals surface area contributed by atoms with E-state index in [1.165, 1.54) is 12.1 Å². The van der Waals surface area contributed by atoms with Gasteiger partial charge in [0.15, 0.2) is 11.6 Å². The van der Waals surface area contributed by atoms with Gasteiger partial charge in [0.1, 0.15) is 11.6 Å². The highest BCUT2D eigenvalue weighted by Gasteiger charge is 2.34. The number of fused-ring (bicyclic) bond motifs is 3. The largest absolute Gasteiger partial charge is 0.355 e. The maximum absolute atomic E-state index is 13.9. The molecule has 0 amide bonds. The Balaban J connectivity index is 1.65. The maximum Gasteiger partial charge on any atom is 0.351 e. The molecule has 1 saturated heterocycles. The van der Waals surface area contributed by atoms with Gasteiger partial charge in [-0.15, -0.1) is 0 Å². The van der Waals surface area contributed by atoms with Crippen LogP contribution in [0.1, 0.15) is 18.4 Å². The second kappa shape index (κ2) is 5.58. The molecule has 0 aliphatic carbocycles. The van der Waals surface area contributed by atoms with Crippen molar-refractivity contribution in [1.29, 1.82) is 0 Å². The second-order valence-corrected chi connectivity index (χ2v) is 6.42. The van der Waals surface area contributed by atoms with Gasteiger partial charge in [0.2, 0.25) is 0 Å². The van der Waals surface area contributed by atoms with Crippen LogP contribution in [-0.2, 0) is 13.1 Å². The standard InChI is InChI=1S/C17H18F2N4O/c1-21(9-11-4-2-6-13(18)16(11)19)14-8-15-22-7-3-5-12(22)10-23(15)17(24)20-14/h2,4,6,8,12H,3,5,7,9-10H2,1H3/t12-/m1/s1. The number of anilines is 2. The third kappa shape index (κ3) is 2.35. The number of benzene rings is 1. The van der Waals surface area contributed by atoms with Gasteiger partial charge in [-0.05, 0) is 18.9 Å². The topological polar surface area (TPSA) is 41.4 Å². The Hall–Kier alpha value is -2.44. The van der Waals surface area contributed by atoms with E-state index in [-0.39, 0.29) is 17.8 Å². The molecule has 4 rings (SSSR count). The average Bonchev–Trinajstić information content (AvgIpc) is 3.13. The SMILES string of the molecule is CN(Cc1cccc(F)c1F)c1cc2n(c(=O)n1)C[C@H]1CCCN21. The lowest BCUT2D eigenvalue weighted by atomic mass is 10.2. The molecule has 2 aliphatic rings. The minimum Gasteiger partial charge on any atom is -0.355 e. The fraction of sp³-hybridized carbons (Fsp3) is 0.412. The van der Waals surface area contributed by atoms with Crippen LogP contribution in [0, 0.1) is 11.6 Å². The maximum atomic E-state index is 13.9. The molecule has 0 spiro atoms.